The van der Waals surface area contributed by atoms with Gasteiger partial charge in [-0.2, -0.15) is 0 Å². The summed E-state index contributed by atoms with van der Waals surface area (Å²) in [6.07, 6.45) is 0. The van der Waals surface area contributed by atoms with E-state index in [2.05, 4.69) is 29.4 Å². The van der Waals surface area contributed by atoms with Gasteiger partial charge >= 0.3 is 0 Å². The third kappa shape index (κ3) is 2.40. The first-order chi connectivity index (χ1) is 7.25. The van der Waals surface area contributed by atoms with Gasteiger partial charge in [0.1, 0.15) is 12.6 Å². The third-order valence-electron chi connectivity index (χ3n) is 2.41. The second-order valence-electron chi connectivity index (χ2n) is 3.63. The van der Waals surface area contributed by atoms with Gasteiger partial charge in [0.25, 0.3) is 6.02 Å². The van der Waals surface area contributed by atoms with Gasteiger partial charge in [0, 0.05) is 12.2 Å². The number of hydrogen-bond acceptors (Lipinski definition) is 4. The van der Waals surface area contributed by atoms with Crippen LogP contribution in [0.4, 0.5) is 5.69 Å². The molecule has 1 heterocycles. The van der Waals surface area contributed by atoms with Gasteiger partial charge in [0.2, 0.25) is 0 Å². The number of nitrogens with one attached hydrogen (secondary N) is 1. The zero-order valence-electron chi connectivity index (χ0n) is 8.73. The number of aliphatic imine (C=N–C) groups is 1. The van der Waals surface area contributed by atoms with Crippen molar-refractivity contribution in [3.05, 3.63) is 29.8 Å². The average Bonchev–Trinajstić information content (AvgIpc) is 2.63. The lowest BCUT2D eigenvalue weighted by atomic mass is 10.2. The number of aryl methyl sites for hydroxylation is 1. The van der Waals surface area contributed by atoms with E-state index in [9.17, 15) is 0 Å². The Balaban J connectivity index is 1.91. The van der Waals surface area contributed by atoms with E-state index < -0.39 is 0 Å². The van der Waals surface area contributed by atoms with E-state index in [4.69, 9.17) is 10.5 Å². The Labute approximate surface area is 89.1 Å². The normalized spacial score (nSPS) is 19.5. The van der Waals surface area contributed by atoms with E-state index in [0.29, 0.717) is 12.6 Å². The quantitative estimate of drug-likeness (QED) is 0.777. The van der Waals surface area contributed by atoms with E-state index >= 15 is 0 Å². The van der Waals surface area contributed by atoms with Gasteiger partial charge in [-0.15, -0.1) is 0 Å². The zero-order chi connectivity index (χ0) is 10.7. The molecule has 15 heavy (non-hydrogen) atoms. The topological polar surface area (TPSA) is 59.6 Å². The van der Waals surface area contributed by atoms with Crippen LogP contribution in [0, 0.1) is 6.92 Å². The van der Waals surface area contributed by atoms with Crippen LogP contribution in [0.15, 0.2) is 29.3 Å². The largest absolute Gasteiger partial charge is 0.463 e. The number of ether oxygens (including phenoxy) is 1. The highest BCUT2D eigenvalue weighted by atomic mass is 16.5. The van der Waals surface area contributed by atoms with Crippen LogP contribution in [0.1, 0.15) is 5.56 Å². The lowest BCUT2D eigenvalue weighted by molar-refractivity contribution is 0.316. The molecule has 0 bridgehead atoms. The molecule has 2 rings (SSSR count). The van der Waals surface area contributed by atoms with Gasteiger partial charge in [-0.3, -0.25) is 0 Å². The minimum Gasteiger partial charge on any atom is -0.463 e. The molecule has 3 N–H and O–H groups in total. The highest BCUT2D eigenvalue weighted by Gasteiger charge is 2.15. The summed E-state index contributed by atoms with van der Waals surface area (Å²) in [6, 6.07) is 8.59. The molecule has 1 aliphatic heterocycles. The number of hydrogen-bond donors (Lipinski definition) is 2. The highest BCUT2D eigenvalue weighted by molar-refractivity contribution is 5.73. The van der Waals surface area contributed by atoms with Gasteiger partial charge in [-0.25, -0.2) is 4.99 Å². The van der Waals surface area contributed by atoms with Crippen LogP contribution < -0.4 is 11.1 Å². The van der Waals surface area contributed by atoms with Crippen molar-refractivity contribution in [3.8, 4) is 0 Å². The number of nitrogens with two attached hydrogens (primary N) is 1. The Morgan fingerprint density at radius 2 is 2.33 bits per heavy atom. The van der Waals surface area contributed by atoms with Crippen LogP contribution in [0.2, 0.25) is 0 Å². The van der Waals surface area contributed by atoms with Crippen molar-refractivity contribution in [1.29, 1.82) is 0 Å². The van der Waals surface area contributed by atoms with Crippen molar-refractivity contribution in [3.63, 3.8) is 0 Å². The summed E-state index contributed by atoms with van der Waals surface area (Å²) in [5.74, 6) is 0. The maximum Gasteiger partial charge on any atom is 0.282 e. The maximum atomic E-state index is 5.42. The second-order valence-corrected chi connectivity index (χ2v) is 3.63. The number of para-hydroxylation sites is 1. The second kappa shape index (κ2) is 4.21. The standard InChI is InChI=1S/C11H15N3O/c1-8-4-2-3-5-10(8)13-6-9-7-15-11(12)14-9/h2-5,9,13H,6-7H2,1H3,(H2,12,14)/t9-/m0/s1. The Bertz CT molecular complexity index is 376. The number of amidine groups is 1. The molecule has 0 unspecified atom stereocenters. The molecule has 1 atom stereocenters. The first-order valence-electron chi connectivity index (χ1n) is 5.01. The maximum absolute atomic E-state index is 5.42. The Morgan fingerprint density at radius 1 is 1.53 bits per heavy atom. The summed E-state index contributed by atoms with van der Waals surface area (Å²) in [6.45, 7) is 3.40. The summed E-state index contributed by atoms with van der Waals surface area (Å²) in [5.41, 5.74) is 7.79. The van der Waals surface area contributed by atoms with Gasteiger partial charge in [-0.05, 0) is 18.6 Å². The van der Waals surface area contributed by atoms with E-state index in [1.807, 2.05) is 12.1 Å². The molecule has 0 radical (unpaired) electrons. The van der Waals surface area contributed by atoms with Gasteiger partial charge < -0.3 is 15.8 Å². The van der Waals surface area contributed by atoms with Crippen LogP contribution in [0.5, 0.6) is 0 Å². The average molecular weight is 205 g/mol. The predicted molar refractivity (Wildman–Crippen MR) is 61.0 cm³/mol. The molecule has 0 saturated carbocycles. The lowest BCUT2D eigenvalue weighted by Crippen LogP contribution is -2.19. The summed E-state index contributed by atoms with van der Waals surface area (Å²) >= 11 is 0. The Hall–Kier alpha value is -1.71. The zero-order valence-corrected chi connectivity index (χ0v) is 8.73. The summed E-state index contributed by atoms with van der Waals surface area (Å²) in [5, 5.41) is 3.33. The fourth-order valence-corrected chi connectivity index (χ4v) is 1.54. The smallest absolute Gasteiger partial charge is 0.282 e. The van der Waals surface area contributed by atoms with Crippen LogP contribution in [0.3, 0.4) is 0 Å². The van der Waals surface area contributed by atoms with Crippen molar-refractivity contribution in [2.75, 3.05) is 18.5 Å². The number of rotatable bonds is 3. The van der Waals surface area contributed by atoms with Crippen LogP contribution >= 0.6 is 0 Å². The molecule has 0 saturated heterocycles. The van der Waals surface area contributed by atoms with Crippen molar-refractivity contribution in [1.82, 2.24) is 0 Å². The summed E-state index contributed by atoms with van der Waals surface area (Å²) in [4.78, 5) is 4.14. The molecule has 1 aromatic rings. The van der Waals surface area contributed by atoms with Crippen molar-refractivity contribution < 1.29 is 4.74 Å². The van der Waals surface area contributed by atoms with Crippen LogP contribution in [0.25, 0.3) is 0 Å². The molecule has 80 valence electrons. The number of nitrogens with zero attached hydrogens (tertiary/aromatic N) is 1. The van der Waals surface area contributed by atoms with Crippen molar-refractivity contribution in [2.24, 2.45) is 10.7 Å². The molecule has 0 aliphatic carbocycles. The summed E-state index contributed by atoms with van der Waals surface area (Å²) in [7, 11) is 0. The first kappa shape index (κ1) is 9.83. The fourth-order valence-electron chi connectivity index (χ4n) is 1.54. The molecular formula is C11H15N3O. The van der Waals surface area contributed by atoms with Crippen LogP contribution in [-0.2, 0) is 4.74 Å². The SMILES string of the molecule is Cc1ccccc1NC[C@H]1COC(N)=N1. The molecule has 0 fully saturated rings. The Morgan fingerprint density at radius 3 is 3.00 bits per heavy atom. The van der Waals surface area contributed by atoms with Crippen molar-refractivity contribution >= 4 is 11.7 Å². The molecular weight excluding hydrogens is 190 g/mol. The predicted octanol–water partition coefficient (Wildman–Crippen LogP) is 1.12. The monoisotopic (exact) mass is 205 g/mol. The van der Waals surface area contributed by atoms with Gasteiger partial charge in [-0.1, -0.05) is 18.2 Å². The lowest BCUT2D eigenvalue weighted by Gasteiger charge is -2.10. The molecule has 1 aromatic carbocycles. The summed E-state index contributed by atoms with van der Waals surface area (Å²) < 4.78 is 5.07. The molecule has 4 heteroatoms. The Kier molecular flexibility index (Phi) is 2.76. The first-order valence-corrected chi connectivity index (χ1v) is 5.01. The fraction of sp³-hybridized carbons (Fsp3) is 0.364. The minimum atomic E-state index is 0.129. The molecule has 0 aromatic heterocycles. The van der Waals surface area contributed by atoms with Gasteiger partial charge in [0.05, 0.1) is 0 Å². The van der Waals surface area contributed by atoms with Crippen LogP contribution in [-0.4, -0.2) is 25.2 Å². The molecule has 1 aliphatic rings. The molecule has 0 amide bonds. The minimum absolute atomic E-state index is 0.129. The third-order valence-corrected chi connectivity index (χ3v) is 2.41. The molecule has 0 spiro atoms. The van der Waals surface area contributed by atoms with E-state index in [1.54, 1.807) is 0 Å². The number of benzene rings is 1. The number of anilines is 1. The van der Waals surface area contributed by atoms with Crippen molar-refractivity contribution in [2.45, 2.75) is 13.0 Å². The van der Waals surface area contributed by atoms with E-state index in [-0.39, 0.29) is 6.04 Å². The highest BCUT2D eigenvalue weighted by Crippen LogP contribution is 2.13. The van der Waals surface area contributed by atoms with E-state index in [1.165, 1.54) is 5.56 Å². The molecule has 4 nitrogen and oxygen atoms in total. The van der Waals surface area contributed by atoms with E-state index in [0.717, 1.165) is 12.2 Å². The van der Waals surface area contributed by atoms with Gasteiger partial charge in [0.15, 0.2) is 0 Å².